The minimum atomic E-state index is -3.59. The summed E-state index contributed by atoms with van der Waals surface area (Å²) in [5, 5.41) is 7.42. The van der Waals surface area contributed by atoms with E-state index in [0.717, 1.165) is 12.8 Å². The number of rotatable bonds is 6. The minimum absolute atomic E-state index is 0.297. The Morgan fingerprint density at radius 1 is 1.26 bits per heavy atom. The summed E-state index contributed by atoms with van der Waals surface area (Å²) in [6.07, 6.45) is 5.63. The standard InChI is InChI=1S/C19H32N4O2S2/c1-19(2,3)23-27(24,25)17-9-7-6-8-14(17)13-21-18(20-4)22-15-10-11-16(12-15)26-5/h6-9,15-16,23H,10-13H2,1-5H3,(H2,20,21,22). The normalized spacial score (nSPS) is 21.3. The van der Waals surface area contributed by atoms with Crippen molar-refractivity contribution in [1.82, 2.24) is 15.4 Å². The fourth-order valence-corrected chi connectivity index (χ4v) is 5.68. The Balaban J connectivity index is 2.05. The molecule has 1 aliphatic carbocycles. The van der Waals surface area contributed by atoms with E-state index in [4.69, 9.17) is 0 Å². The quantitative estimate of drug-likeness (QED) is 0.494. The zero-order valence-corrected chi connectivity index (χ0v) is 18.5. The van der Waals surface area contributed by atoms with E-state index in [-0.39, 0.29) is 0 Å². The summed E-state index contributed by atoms with van der Waals surface area (Å²) in [5.74, 6) is 0.706. The van der Waals surface area contributed by atoms with Crippen molar-refractivity contribution >= 4 is 27.7 Å². The van der Waals surface area contributed by atoms with Gasteiger partial charge in [0.2, 0.25) is 10.0 Å². The molecule has 1 aliphatic rings. The van der Waals surface area contributed by atoms with Crippen LogP contribution in [-0.4, -0.2) is 44.5 Å². The molecule has 0 bridgehead atoms. The van der Waals surface area contributed by atoms with Crippen LogP contribution in [0.5, 0.6) is 0 Å². The van der Waals surface area contributed by atoms with Crippen LogP contribution in [0.4, 0.5) is 0 Å². The molecule has 0 saturated heterocycles. The lowest BCUT2D eigenvalue weighted by molar-refractivity contribution is 0.491. The third-order valence-electron chi connectivity index (χ3n) is 4.43. The largest absolute Gasteiger partial charge is 0.354 e. The molecular weight excluding hydrogens is 380 g/mol. The van der Waals surface area contributed by atoms with E-state index in [2.05, 4.69) is 26.6 Å². The van der Waals surface area contributed by atoms with Gasteiger partial charge in [-0.15, -0.1) is 0 Å². The predicted octanol–water partition coefficient (Wildman–Crippen LogP) is 2.71. The number of nitrogens with one attached hydrogen (secondary N) is 3. The summed E-state index contributed by atoms with van der Waals surface area (Å²) in [5.41, 5.74) is 0.179. The third kappa shape index (κ3) is 6.69. The van der Waals surface area contributed by atoms with Crippen LogP contribution in [0.2, 0.25) is 0 Å². The lowest BCUT2D eigenvalue weighted by atomic mass is 10.1. The van der Waals surface area contributed by atoms with Crippen LogP contribution in [0, 0.1) is 0 Å². The molecular formula is C19H32N4O2S2. The second-order valence-electron chi connectivity index (χ2n) is 7.90. The zero-order valence-electron chi connectivity index (χ0n) is 16.9. The summed E-state index contributed by atoms with van der Waals surface area (Å²) in [4.78, 5) is 4.59. The molecule has 1 fully saturated rings. The average molecular weight is 413 g/mol. The molecule has 0 heterocycles. The highest BCUT2D eigenvalue weighted by Gasteiger charge is 2.26. The van der Waals surface area contributed by atoms with Crippen LogP contribution < -0.4 is 15.4 Å². The molecule has 2 atom stereocenters. The Hall–Kier alpha value is -1.25. The number of hydrogen-bond donors (Lipinski definition) is 3. The lowest BCUT2D eigenvalue weighted by Crippen LogP contribution is -2.43. The highest BCUT2D eigenvalue weighted by atomic mass is 32.2. The van der Waals surface area contributed by atoms with Gasteiger partial charge in [0.05, 0.1) is 4.90 Å². The molecule has 0 amide bonds. The Labute approximate surface area is 168 Å². The lowest BCUT2D eigenvalue weighted by Gasteiger charge is -2.22. The van der Waals surface area contributed by atoms with Gasteiger partial charge in [-0.25, -0.2) is 13.1 Å². The van der Waals surface area contributed by atoms with E-state index in [1.54, 1.807) is 19.2 Å². The number of hydrogen-bond acceptors (Lipinski definition) is 4. The van der Waals surface area contributed by atoms with Crippen LogP contribution in [0.25, 0.3) is 0 Å². The van der Waals surface area contributed by atoms with Gasteiger partial charge in [0.1, 0.15) is 0 Å². The molecule has 1 saturated carbocycles. The second-order valence-corrected chi connectivity index (χ2v) is 10.7. The fourth-order valence-electron chi connectivity index (χ4n) is 3.22. The first kappa shape index (κ1) is 22.0. The van der Waals surface area contributed by atoms with Gasteiger partial charge in [-0.1, -0.05) is 18.2 Å². The van der Waals surface area contributed by atoms with Crippen molar-refractivity contribution in [3.05, 3.63) is 29.8 Å². The zero-order chi connectivity index (χ0) is 20.1. The number of aliphatic imine (C=N–C) groups is 1. The third-order valence-corrected chi connectivity index (χ3v) is 7.38. The second kappa shape index (κ2) is 9.30. The molecule has 3 N–H and O–H groups in total. The molecule has 0 spiro atoms. The van der Waals surface area contributed by atoms with Crippen LogP contribution in [0.15, 0.2) is 34.2 Å². The number of nitrogens with zero attached hydrogens (tertiary/aromatic N) is 1. The van der Waals surface area contributed by atoms with E-state index in [0.29, 0.717) is 34.3 Å². The summed E-state index contributed by atoms with van der Waals surface area (Å²) < 4.78 is 28.2. The highest BCUT2D eigenvalue weighted by Crippen LogP contribution is 2.28. The van der Waals surface area contributed by atoms with Crippen LogP contribution in [-0.2, 0) is 16.6 Å². The van der Waals surface area contributed by atoms with Gasteiger partial charge in [-0.05, 0) is 57.9 Å². The molecule has 8 heteroatoms. The van der Waals surface area contributed by atoms with E-state index in [1.807, 2.05) is 44.7 Å². The molecule has 27 heavy (non-hydrogen) atoms. The van der Waals surface area contributed by atoms with Gasteiger partial charge in [0.25, 0.3) is 0 Å². The summed E-state index contributed by atoms with van der Waals surface area (Å²) >= 11 is 1.92. The minimum Gasteiger partial charge on any atom is -0.354 e. The first-order valence-electron chi connectivity index (χ1n) is 9.26. The van der Waals surface area contributed by atoms with E-state index in [1.165, 1.54) is 6.42 Å². The topological polar surface area (TPSA) is 82.6 Å². The predicted molar refractivity (Wildman–Crippen MR) is 115 cm³/mol. The smallest absolute Gasteiger partial charge is 0.241 e. The maximum Gasteiger partial charge on any atom is 0.241 e. The van der Waals surface area contributed by atoms with Crippen molar-refractivity contribution in [1.29, 1.82) is 0 Å². The van der Waals surface area contributed by atoms with Gasteiger partial charge >= 0.3 is 0 Å². The fraction of sp³-hybridized carbons (Fsp3) is 0.632. The van der Waals surface area contributed by atoms with Crippen molar-refractivity contribution in [2.75, 3.05) is 13.3 Å². The monoisotopic (exact) mass is 412 g/mol. The average Bonchev–Trinajstić information content (AvgIpc) is 3.04. The van der Waals surface area contributed by atoms with Crippen molar-refractivity contribution in [2.24, 2.45) is 4.99 Å². The van der Waals surface area contributed by atoms with Gasteiger partial charge in [-0.2, -0.15) is 11.8 Å². The van der Waals surface area contributed by atoms with Crippen molar-refractivity contribution < 1.29 is 8.42 Å². The van der Waals surface area contributed by atoms with Gasteiger partial charge in [0, 0.05) is 30.4 Å². The van der Waals surface area contributed by atoms with Crippen molar-refractivity contribution in [2.45, 2.75) is 68.3 Å². The van der Waals surface area contributed by atoms with E-state index < -0.39 is 15.6 Å². The molecule has 2 unspecified atom stereocenters. The van der Waals surface area contributed by atoms with E-state index >= 15 is 0 Å². The molecule has 0 aromatic heterocycles. The maximum atomic E-state index is 12.7. The molecule has 152 valence electrons. The molecule has 1 aromatic rings. The van der Waals surface area contributed by atoms with Crippen LogP contribution in [0.3, 0.4) is 0 Å². The van der Waals surface area contributed by atoms with Crippen molar-refractivity contribution in [3.63, 3.8) is 0 Å². The summed E-state index contributed by atoms with van der Waals surface area (Å²) in [6.45, 7) is 5.89. The number of benzene rings is 1. The Bertz CT molecular complexity index is 757. The Morgan fingerprint density at radius 2 is 1.96 bits per heavy atom. The molecule has 0 aliphatic heterocycles. The molecule has 1 aromatic carbocycles. The van der Waals surface area contributed by atoms with Crippen molar-refractivity contribution in [3.8, 4) is 0 Å². The summed E-state index contributed by atoms with van der Waals surface area (Å²) in [6, 6.07) is 7.48. The number of guanidine groups is 1. The summed E-state index contributed by atoms with van der Waals surface area (Å²) in [7, 11) is -1.85. The molecule has 2 rings (SSSR count). The Morgan fingerprint density at radius 3 is 2.56 bits per heavy atom. The SMILES string of the molecule is CN=C(NCc1ccccc1S(=O)(=O)NC(C)(C)C)NC1CCC(SC)C1. The van der Waals surface area contributed by atoms with Crippen LogP contribution in [0.1, 0.15) is 45.6 Å². The van der Waals surface area contributed by atoms with Crippen LogP contribution >= 0.6 is 11.8 Å². The van der Waals surface area contributed by atoms with Gasteiger partial charge in [-0.3, -0.25) is 4.99 Å². The molecule has 0 radical (unpaired) electrons. The first-order valence-corrected chi connectivity index (χ1v) is 12.0. The maximum absolute atomic E-state index is 12.7. The number of thioether (sulfide) groups is 1. The van der Waals surface area contributed by atoms with E-state index in [9.17, 15) is 8.42 Å². The Kier molecular flexibility index (Phi) is 7.59. The number of sulfonamides is 1. The molecule has 6 nitrogen and oxygen atoms in total. The first-order chi connectivity index (χ1) is 12.6. The van der Waals surface area contributed by atoms with Gasteiger partial charge < -0.3 is 10.6 Å². The highest BCUT2D eigenvalue weighted by molar-refractivity contribution is 7.99. The van der Waals surface area contributed by atoms with Gasteiger partial charge in [0.15, 0.2) is 5.96 Å².